The van der Waals surface area contributed by atoms with Crippen LogP contribution < -0.4 is 10.6 Å². The molecule has 4 amide bonds. The van der Waals surface area contributed by atoms with Crippen LogP contribution in [0.15, 0.2) is 36.5 Å². The quantitative estimate of drug-likeness (QED) is 0.719. The Balaban J connectivity index is 1.42. The van der Waals surface area contributed by atoms with Crippen LogP contribution in [0.3, 0.4) is 0 Å². The third kappa shape index (κ3) is 4.09. The lowest BCUT2D eigenvalue weighted by Gasteiger charge is -2.34. The molecule has 0 saturated carbocycles. The predicted octanol–water partition coefficient (Wildman–Crippen LogP) is 3.03. The molecular formula is C24H29N5O3. The van der Waals surface area contributed by atoms with Crippen molar-refractivity contribution in [3.8, 4) is 0 Å². The minimum Gasteiger partial charge on any atom is -0.319 e. The highest BCUT2D eigenvalue weighted by Crippen LogP contribution is 2.36. The van der Waals surface area contributed by atoms with Crippen LogP contribution in [-0.2, 0) is 28.0 Å². The van der Waals surface area contributed by atoms with E-state index >= 15 is 0 Å². The van der Waals surface area contributed by atoms with Gasteiger partial charge in [-0.05, 0) is 48.6 Å². The molecule has 8 nitrogen and oxygen atoms in total. The second kappa shape index (κ2) is 8.00. The molecule has 168 valence electrons. The first-order valence-corrected chi connectivity index (χ1v) is 10.9. The SMILES string of the molecule is CC(C)(C)[C@H]1CCc2nc(NC(=O)CN3C(=O)N[C@](C)(c4ccccc4)C3=O)ncc2C1. The molecule has 1 aliphatic carbocycles. The Morgan fingerprint density at radius 3 is 2.66 bits per heavy atom. The van der Waals surface area contributed by atoms with E-state index in [0.717, 1.165) is 35.4 Å². The van der Waals surface area contributed by atoms with E-state index in [1.807, 2.05) is 6.07 Å². The van der Waals surface area contributed by atoms with E-state index in [4.69, 9.17) is 0 Å². The maximum atomic E-state index is 13.0. The number of nitrogens with zero attached hydrogens (tertiary/aromatic N) is 3. The minimum atomic E-state index is -1.20. The van der Waals surface area contributed by atoms with Crippen LogP contribution in [0.5, 0.6) is 0 Å². The van der Waals surface area contributed by atoms with Crippen molar-refractivity contribution in [1.82, 2.24) is 20.2 Å². The number of imide groups is 1. The normalized spacial score (nSPS) is 23.0. The van der Waals surface area contributed by atoms with E-state index in [9.17, 15) is 14.4 Å². The van der Waals surface area contributed by atoms with Crippen LogP contribution >= 0.6 is 0 Å². The molecule has 1 saturated heterocycles. The zero-order valence-electron chi connectivity index (χ0n) is 18.9. The molecule has 2 N–H and O–H groups in total. The zero-order chi connectivity index (χ0) is 23.1. The molecular weight excluding hydrogens is 406 g/mol. The summed E-state index contributed by atoms with van der Waals surface area (Å²) in [4.78, 5) is 47.7. The number of urea groups is 1. The maximum absolute atomic E-state index is 13.0. The second-order valence-corrected chi connectivity index (χ2v) is 9.83. The lowest BCUT2D eigenvalue weighted by atomic mass is 9.72. The number of fused-ring (bicyclic) bond motifs is 1. The Morgan fingerprint density at radius 2 is 1.97 bits per heavy atom. The number of anilines is 1. The van der Waals surface area contributed by atoms with Gasteiger partial charge in [0.2, 0.25) is 11.9 Å². The number of aromatic nitrogens is 2. The Bertz CT molecular complexity index is 1060. The van der Waals surface area contributed by atoms with Crippen molar-refractivity contribution < 1.29 is 14.4 Å². The Morgan fingerprint density at radius 1 is 1.25 bits per heavy atom. The molecule has 2 heterocycles. The van der Waals surface area contributed by atoms with Gasteiger partial charge in [0.25, 0.3) is 5.91 Å². The summed E-state index contributed by atoms with van der Waals surface area (Å²) >= 11 is 0. The summed E-state index contributed by atoms with van der Waals surface area (Å²) < 4.78 is 0. The standard InChI is InChI=1S/C24H29N5O3/c1-23(2,3)17-10-11-18-15(12-17)13-25-21(26-18)27-19(30)14-29-20(31)24(4,28-22(29)32)16-8-6-5-7-9-16/h5-9,13,17H,10-12,14H2,1-4H3,(H,28,32)(H,25,26,27,30)/t17-,24+/m0/s1. The number of amides is 4. The van der Waals surface area contributed by atoms with Gasteiger partial charge in [-0.25, -0.2) is 14.8 Å². The van der Waals surface area contributed by atoms with Gasteiger partial charge in [-0.2, -0.15) is 0 Å². The molecule has 0 bridgehead atoms. The first-order chi connectivity index (χ1) is 15.1. The largest absolute Gasteiger partial charge is 0.325 e. The van der Waals surface area contributed by atoms with Gasteiger partial charge in [-0.1, -0.05) is 51.1 Å². The summed E-state index contributed by atoms with van der Waals surface area (Å²) in [6, 6.07) is 8.37. The highest BCUT2D eigenvalue weighted by atomic mass is 16.2. The number of carbonyl (C=O) groups is 3. The lowest BCUT2D eigenvalue weighted by molar-refractivity contribution is -0.133. The first kappa shape index (κ1) is 21.9. The number of carbonyl (C=O) groups excluding carboxylic acids is 3. The lowest BCUT2D eigenvalue weighted by Crippen LogP contribution is -2.42. The molecule has 2 atom stereocenters. The van der Waals surface area contributed by atoms with Crippen molar-refractivity contribution in [2.75, 3.05) is 11.9 Å². The van der Waals surface area contributed by atoms with Gasteiger partial charge in [-0.3, -0.25) is 19.8 Å². The van der Waals surface area contributed by atoms with Crippen LogP contribution in [0, 0.1) is 11.3 Å². The number of aryl methyl sites for hydroxylation is 1. The summed E-state index contributed by atoms with van der Waals surface area (Å²) in [7, 11) is 0. The third-order valence-electron chi connectivity index (χ3n) is 6.55. The summed E-state index contributed by atoms with van der Waals surface area (Å²) in [6.45, 7) is 7.97. The Labute approximate surface area is 187 Å². The monoisotopic (exact) mass is 435 g/mol. The fourth-order valence-corrected chi connectivity index (χ4v) is 4.42. The minimum absolute atomic E-state index is 0.195. The summed E-state index contributed by atoms with van der Waals surface area (Å²) in [5, 5.41) is 5.33. The Hall–Kier alpha value is -3.29. The van der Waals surface area contributed by atoms with E-state index in [1.54, 1.807) is 37.4 Å². The van der Waals surface area contributed by atoms with Gasteiger partial charge in [0.15, 0.2) is 0 Å². The topological polar surface area (TPSA) is 104 Å². The highest BCUT2D eigenvalue weighted by molar-refractivity contribution is 6.10. The molecule has 1 aromatic heterocycles. The maximum Gasteiger partial charge on any atom is 0.325 e. The van der Waals surface area contributed by atoms with Gasteiger partial charge in [-0.15, -0.1) is 0 Å². The van der Waals surface area contributed by atoms with Crippen molar-refractivity contribution in [3.05, 3.63) is 53.3 Å². The third-order valence-corrected chi connectivity index (χ3v) is 6.55. The average molecular weight is 436 g/mol. The van der Waals surface area contributed by atoms with Gasteiger partial charge >= 0.3 is 6.03 Å². The van der Waals surface area contributed by atoms with E-state index in [2.05, 4.69) is 41.4 Å². The molecule has 0 spiro atoms. The predicted molar refractivity (Wildman–Crippen MR) is 120 cm³/mol. The van der Waals surface area contributed by atoms with Crippen molar-refractivity contribution in [3.63, 3.8) is 0 Å². The van der Waals surface area contributed by atoms with Gasteiger partial charge in [0, 0.05) is 11.9 Å². The molecule has 0 radical (unpaired) electrons. The number of rotatable bonds is 4. The summed E-state index contributed by atoms with van der Waals surface area (Å²) in [5.41, 5.74) is 1.74. The highest BCUT2D eigenvalue weighted by Gasteiger charge is 2.49. The van der Waals surface area contributed by atoms with Gasteiger partial charge in [0.05, 0.1) is 0 Å². The fourth-order valence-electron chi connectivity index (χ4n) is 4.42. The van der Waals surface area contributed by atoms with Crippen LogP contribution in [0.25, 0.3) is 0 Å². The van der Waals surface area contributed by atoms with Crippen molar-refractivity contribution in [2.45, 2.75) is 52.5 Å². The number of hydrogen-bond acceptors (Lipinski definition) is 5. The number of nitrogens with one attached hydrogen (secondary N) is 2. The van der Waals surface area contributed by atoms with Gasteiger partial charge < -0.3 is 5.32 Å². The molecule has 1 fully saturated rings. The molecule has 2 aliphatic rings. The second-order valence-electron chi connectivity index (χ2n) is 9.83. The van der Waals surface area contributed by atoms with E-state index in [0.29, 0.717) is 11.5 Å². The van der Waals surface area contributed by atoms with E-state index in [-0.39, 0.29) is 11.4 Å². The molecule has 1 aromatic carbocycles. The first-order valence-electron chi connectivity index (χ1n) is 10.9. The van der Waals surface area contributed by atoms with Crippen LogP contribution in [0.2, 0.25) is 0 Å². The van der Waals surface area contributed by atoms with Crippen LogP contribution in [0.1, 0.15) is 50.9 Å². The smallest absolute Gasteiger partial charge is 0.319 e. The average Bonchev–Trinajstić information content (AvgIpc) is 2.97. The zero-order valence-corrected chi connectivity index (χ0v) is 18.9. The molecule has 1 aliphatic heterocycles. The number of benzene rings is 1. The number of hydrogen-bond donors (Lipinski definition) is 2. The van der Waals surface area contributed by atoms with Crippen molar-refractivity contribution in [2.24, 2.45) is 11.3 Å². The molecule has 8 heteroatoms. The van der Waals surface area contributed by atoms with E-state index < -0.39 is 29.9 Å². The van der Waals surface area contributed by atoms with E-state index in [1.165, 1.54) is 0 Å². The van der Waals surface area contributed by atoms with Crippen molar-refractivity contribution in [1.29, 1.82) is 0 Å². The molecule has 32 heavy (non-hydrogen) atoms. The molecule has 0 unspecified atom stereocenters. The van der Waals surface area contributed by atoms with Gasteiger partial charge in [0.1, 0.15) is 12.1 Å². The van der Waals surface area contributed by atoms with Crippen LogP contribution in [0.4, 0.5) is 10.7 Å². The van der Waals surface area contributed by atoms with Crippen LogP contribution in [-0.4, -0.2) is 39.3 Å². The fraction of sp³-hybridized carbons (Fsp3) is 0.458. The molecule has 2 aromatic rings. The van der Waals surface area contributed by atoms with Crippen molar-refractivity contribution >= 4 is 23.8 Å². The summed E-state index contributed by atoms with van der Waals surface area (Å²) in [5.74, 6) is -0.226. The summed E-state index contributed by atoms with van der Waals surface area (Å²) in [6.07, 6.45) is 4.58. The Kier molecular flexibility index (Phi) is 5.48. The molecule has 4 rings (SSSR count).